The molecule has 2 unspecified atom stereocenters. The molecule has 0 heterocycles. The van der Waals surface area contributed by atoms with Crippen LogP contribution in [0.1, 0.15) is 44.7 Å². The van der Waals surface area contributed by atoms with Gasteiger partial charge in [-0.15, -0.1) is 0 Å². The van der Waals surface area contributed by atoms with Crippen LogP contribution < -0.4 is 18.9 Å². The van der Waals surface area contributed by atoms with E-state index in [4.69, 9.17) is 28.4 Å². The first-order valence-electron chi connectivity index (χ1n) is 13.0. The Bertz CT molecular complexity index is 1070. The highest BCUT2D eigenvalue weighted by Crippen LogP contribution is 2.40. The van der Waals surface area contributed by atoms with E-state index in [0.29, 0.717) is 41.5 Å². The van der Waals surface area contributed by atoms with Crippen molar-refractivity contribution in [1.82, 2.24) is 4.90 Å². The summed E-state index contributed by atoms with van der Waals surface area (Å²) in [5.74, 6) is 1.78. The number of aliphatic hydroxyl groups is 1. The third kappa shape index (κ3) is 8.24. The maximum Gasteiger partial charge on any atom is 0.322 e. The van der Waals surface area contributed by atoms with Gasteiger partial charge in [0.05, 0.1) is 28.4 Å². The highest BCUT2D eigenvalue weighted by atomic mass is 16.6. The zero-order valence-corrected chi connectivity index (χ0v) is 24.8. The Kier molecular flexibility index (Phi) is 11.9. The van der Waals surface area contributed by atoms with Gasteiger partial charge in [-0.2, -0.15) is 0 Å². The van der Waals surface area contributed by atoms with Crippen molar-refractivity contribution in [2.45, 2.75) is 57.3 Å². The predicted molar refractivity (Wildman–Crippen MR) is 150 cm³/mol. The normalized spacial score (nSPS) is 13.9. The molecule has 0 aliphatic rings. The van der Waals surface area contributed by atoms with E-state index >= 15 is 0 Å². The molecule has 2 aromatic rings. The van der Waals surface area contributed by atoms with Crippen molar-refractivity contribution >= 4 is 5.97 Å². The van der Waals surface area contributed by atoms with E-state index in [1.54, 1.807) is 60.3 Å². The largest absolute Gasteiger partial charge is 0.493 e. The van der Waals surface area contributed by atoms with E-state index in [0.717, 1.165) is 18.5 Å². The van der Waals surface area contributed by atoms with Gasteiger partial charge in [-0.05, 0) is 89.0 Å². The van der Waals surface area contributed by atoms with Crippen LogP contribution in [0.25, 0.3) is 0 Å². The Labute approximate surface area is 232 Å². The number of ether oxygens (including phenoxy) is 6. The molecule has 0 radical (unpaired) electrons. The minimum atomic E-state index is -1.48. The first-order valence-corrected chi connectivity index (χ1v) is 13.0. The lowest BCUT2D eigenvalue weighted by Gasteiger charge is -2.38. The van der Waals surface area contributed by atoms with Gasteiger partial charge in [-0.25, -0.2) is 0 Å². The number of esters is 1. The minimum absolute atomic E-state index is 0.285. The van der Waals surface area contributed by atoms with E-state index in [1.165, 1.54) is 14.2 Å². The molecule has 2 atom stereocenters. The van der Waals surface area contributed by atoms with Gasteiger partial charge in [0.2, 0.25) is 0 Å². The highest BCUT2D eigenvalue weighted by molar-refractivity contribution is 5.84. The zero-order valence-electron chi connectivity index (χ0n) is 24.8. The summed E-state index contributed by atoms with van der Waals surface area (Å²) in [7, 11) is 9.71. The van der Waals surface area contributed by atoms with E-state index < -0.39 is 23.3 Å². The maximum atomic E-state index is 13.8. The van der Waals surface area contributed by atoms with Crippen molar-refractivity contribution in [3.05, 3.63) is 47.5 Å². The molecule has 9 nitrogen and oxygen atoms in total. The molecule has 2 rings (SSSR count). The predicted octanol–water partition coefficient (Wildman–Crippen LogP) is 4.22. The smallest absolute Gasteiger partial charge is 0.322 e. The Hall–Kier alpha value is -3.01. The molecular weight excluding hydrogens is 502 g/mol. The van der Waals surface area contributed by atoms with Crippen molar-refractivity contribution in [2.75, 3.05) is 55.7 Å². The molecule has 218 valence electrons. The van der Waals surface area contributed by atoms with Crippen LogP contribution in [-0.2, 0) is 26.1 Å². The van der Waals surface area contributed by atoms with Crippen molar-refractivity contribution in [2.24, 2.45) is 0 Å². The van der Waals surface area contributed by atoms with Gasteiger partial charge in [0.25, 0.3) is 0 Å². The zero-order chi connectivity index (χ0) is 29.2. The number of methoxy groups -OCH3 is 5. The molecule has 0 saturated heterocycles. The maximum absolute atomic E-state index is 13.8. The minimum Gasteiger partial charge on any atom is -0.493 e. The third-order valence-corrected chi connectivity index (χ3v) is 6.65. The second-order valence-electron chi connectivity index (χ2n) is 10.5. The number of carbonyl (C=O) groups excluding carboxylic acids is 1. The summed E-state index contributed by atoms with van der Waals surface area (Å²) < 4.78 is 32.8. The fraction of sp³-hybridized carbons (Fsp3) is 0.567. The molecule has 2 aromatic carbocycles. The summed E-state index contributed by atoms with van der Waals surface area (Å²) >= 11 is 0. The quantitative estimate of drug-likeness (QED) is 0.260. The van der Waals surface area contributed by atoms with Crippen LogP contribution in [0.5, 0.6) is 23.0 Å². The molecule has 0 aliphatic heterocycles. The molecule has 0 bridgehead atoms. The molecule has 0 saturated carbocycles. The summed E-state index contributed by atoms with van der Waals surface area (Å²) in [6.45, 7) is 6.86. The van der Waals surface area contributed by atoms with Crippen molar-refractivity contribution in [1.29, 1.82) is 0 Å². The average molecular weight is 548 g/mol. The van der Waals surface area contributed by atoms with Crippen molar-refractivity contribution in [3.8, 4) is 23.0 Å². The van der Waals surface area contributed by atoms with Gasteiger partial charge >= 0.3 is 5.97 Å². The molecular formula is C30H45NO8. The molecule has 0 aromatic heterocycles. The van der Waals surface area contributed by atoms with Crippen molar-refractivity contribution < 1.29 is 38.3 Å². The first-order chi connectivity index (χ1) is 18.4. The molecule has 1 N–H and O–H groups in total. The van der Waals surface area contributed by atoms with Crippen LogP contribution in [0.15, 0.2) is 36.4 Å². The summed E-state index contributed by atoms with van der Waals surface area (Å²) in [4.78, 5) is 15.9. The van der Waals surface area contributed by atoms with Crippen LogP contribution in [0.4, 0.5) is 0 Å². The lowest BCUT2D eigenvalue weighted by molar-refractivity contribution is -0.188. The van der Waals surface area contributed by atoms with E-state index in [2.05, 4.69) is 4.90 Å². The number of carbonyl (C=O) groups is 1. The Morgan fingerprint density at radius 3 is 1.95 bits per heavy atom. The highest BCUT2D eigenvalue weighted by Gasteiger charge is 2.50. The van der Waals surface area contributed by atoms with Crippen LogP contribution in [-0.4, -0.2) is 83.6 Å². The van der Waals surface area contributed by atoms with E-state index in [-0.39, 0.29) is 6.42 Å². The number of aliphatic hydroxyl groups excluding tert-OH is 1. The SMILES string of the molecule is COc1ccc(CCN(C)CCCC(C(=O)OC(C)(C)C)(c2ccc(OC)c(OC)c2)C(O)OC)cc1OC. The molecule has 9 heteroatoms. The van der Waals surface area contributed by atoms with Gasteiger partial charge in [0.15, 0.2) is 29.3 Å². The Morgan fingerprint density at radius 1 is 0.846 bits per heavy atom. The van der Waals surface area contributed by atoms with Crippen LogP contribution >= 0.6 is 0 Å². The standard InChI is InChI=1S/C30H45NO8/c1-29(2,3)39-28(33)30(27(32)38-9,22-12-14-24(35-6)26(20-22)37-8)16-10-17-31(4)18-15-21-11-13-23(34-5)25(19-21)36-7/h11-14,19-20,27,32H,10,15-18H2,1-9H3. The van der Waals surface area contributed by atoms with E-state index in [9.17, 15) is 9.90 Å². The van der Waals surface area contributed by atoms with E-state index in [1.807, 2.05) is 25.2 Å². The second kappa shape index (κ2) is 14.4. The summed E-state index contributed by atoms with van der Waals surface area (Å²) in [5, 5.41) is 11.2. The van der Waals surface area contributed by atoms with Gasteiger partial charge in [0, 0.05) is 13.7 Å². The molecule has 39 heavy (non-hydrogen) atoms. The van der Waals surface area contributed by atoms with Gasteiger partial charge in [0.1, 0.15) is 11.0 Å². The summed E-state index contributed by atoms with van der Waals surface area (Å²) in [6, 6.07) is 11.1. The van der Waals surface area contributed by atoms with Crippen LogP contribution in [0, 0.1) is 0 Å². The fourth-order valence-corrected chi connectivity index (χ4v) is 4.51. The summed E-state index contributed by atoms with van der Waals surface area (Å²) in [5.41, 5.74) is -0.589. The van der Waals surface area contributed by atoms with Gasteiger partial charge < -0.3 is 38.4 Å². The average Bonchev–Trinajstić information content (AvgIpc) is 2.92. The number of nitrogens with zero attached hydrogens (tertiary/aromatic N) is 1. The molecule has 0 amide bonds. The number of hydrogen-bond acceptors (Lipinski definition) is 9. The Morgan fingerprint density at radius 2 is 1.41 bits per heavy atom. The number of likely N-dealkylation sites (N-methyl/N-ethyl adjacent to an activating group) is 1. The lowest BCUT2D eigenvalue weighted by atomic mass is 9.75. The van der Waals surface area contributed by atoms with Gasteiger partial charge in [-0.1, -0.05) is 12.1 Å². The fourth-order valence-electron chi connectivity index (χ4n) is 4.51. The van der Waals surface area contributed by atoms with Gasteiger partial charge in [-0.3, -0.25) is 4.79 Å². The summed E-state index contributed by atoms with van der Waals surface area (Å²) in [6.07, 6.45) is 0.246. The lowest BCUT2D eigenvalue weighted by Crippen LogP contribution is -2.51. The number of rotatable bonds is 15. The second-order valence-corrected chi connectivity index (χ2v) is 10.5. The third-order valence-electron chi connectivity index (χ3n) is 6.65. The topological polar surface area (TPSA) is 95.9 Å². The molecule has 0 fully saturated rings. The van der Waals surface area contributed by atoms with Crippen molar-refractivity contribution in [3.63, 3.8) is 0 Å². The first kappa shape index (κ1) is 32.2. The Balaban J connectivity index is 2.27. The molecule has 0 aliphatic carbocycles. The molecule has 0 spiro atoms. The number of hydrogen-bond donors (Lipinski definition) is 1. The number of benzene rings is 2. The van der Waals surface area contributed by atoms with Crippen LogP contribution in [0.2, 0.25) is 0 Å². The van der Waals surface area contributed by atoms with Crippen LogP contribution in [0.3, 0.4) is 0 Å². The monoisotopic (exact) mass is 547 g/mol.